The van der Waals surface area contributed by atoms with E-state index in [1.807, 2.05) is 218 Å². The Morgan fingerprint density at radius 2 is 0.573 bits per heavy atom. The summed E-state index contributed by atoms with van der Waals surface area (Å²) in [6.45, 7) is 3.83. The predicted molar refractivity (Wildman–Crippen MR) is 402 cm³/mol. The highest BCUT2D eigenvalue weighted by Crippen LogP contribution is 2.36. The Morgan fingerprint density at radius 3 is 0.874 bits per heavy atom. The molecule has 512 valence electrons. The van der Waals surface area contributed by atoms with Gasteiger partial charge >= 0.3 is 0 Å². The van der Waals surface area contributed by atoms with E-state index >= 15 is 0 Å². The minimum absolute atomic E-state index is 0.0982. The molecule has 13 rings (SSSR count). The van der Waals surface area contributed by atoms with Gasteiger partial charge in [0.05, 0.1) is 35.5 Å². The molecule has 0 saturated heterocycles. The van der Waals surface area contributed by atoms with Crippen LogP contribution >= 0.6 is 0 Å². The van der Waals surface area contributed by atoms with E-state index in [0.717, 1.165) is 67.3 Å². The summed E-state index contributed by atoms with van der Waals surface area (Å²) in [6.07, 6.45) is 2.33. The third kappa shape index (κ3) is 16.9. The van der Waals surface area contributed by atoms with Gasteiger partial charge < -0.3 is 37.9 Å². The molecular formula is C88H70O13S2. The number of carbonyl (C=O) groups excluding carboxylic acids is 1. The number of carbonyl (C=O) groups is 1. The monoisotopic (exact) mass is 1400 g/mol. The third-order valence-corrected chi connectivity index (χ3v) is 21.3. The Bertz CT molecular complexity index is 5290. The number of ketones is 1. The normalized spacial score (nSPS) is 11.8. The summed E-state index contributed by atoms with van der Waals surface area (Å²) in [6, 6.07) is 95.4. The average Bonchev–Trinajstić information content (AvgIpc) is 0.813. The molecule has 0 aromatic heterocycles. The van der Waals surface area contributed by atoms with Gasteiger partial charge in [0, 0.05) is 17.5 Å². The van der Waals surface area contributed by atoms with Crippen molar-refractivity contribution in [1.29, 1.82) is 0 Å². The fourth-order valence-electron chi connectivity index (χ4n) is 11.5. The van der Waals surface area contributed by atoms with Crippen LogP contribution in [-0.4, -0.2) is 48.7 Å². The first-order chi connectivity index (χ1) is 50.1. The lowest BCUT2D eigenvalue weighted by molar-refractivity contribution is 0.103. The second kappa shape index (κ2) is 31.4. The molecule has 0 aliphatic carbocycles. The first kappa shape index (κ1) is 69.1. The van der Waals surface area contributed by atoms with Gasteiger partial charge in [-0.2, -0.15) is 0 Å². The van der Waals surface area contributed by atoms with Crippen molar-refractivity contribution in [3.05, 3.63) is 344 Å². The molecule has 0 spiro atoms. The highest BCUT2D eigenvalue weighted by atomic mass is 32.2. The Hall–Kier alpha value is -12.4. The van der Waals surface area contributed by atoms with E-state index in [4.69, 9.17) is 37.9 Å². The molecule has 1 atom stereocenters. The number of sulfone groups is 2. The second-order valence-electron chi connectivity index (χ2n) is 24.1. The Kier molecular flexibility index (Phi) is 21.1. The van der Waals surface area contributed by atoms with E-state index in [0.29, 0.717) is 81.7 Å². The summed E-state index contributed by atoms with van der Waals surface area (Å²) in [5.74, 6) is 7.58. The maximum atomic E-state index is 13.8. The minimum atomic E-state index is -3.81. The van der Waals surface area contributed by atoms with E-state index in [-0.39, 0.29) is 20.5 Å². The lowest BCUT2D eigenvalue weighted by Gasteiger charge is -2.18. The summed E-state index contributed by atoms with van der Waals surface area (Å²) < 4.78 is 102. The van der Waals surface area contributed by atoms with Crippen molar-refractivity contribution < 1.29 is 59.5 Å². The summed E-state index contributed by atoms with van der Waals surface area (Å²) in [5.41, 5.74) is 10.2. The fraction of sp³-hybridized carbons (Fsp3) is 0.0795. The number of ether oxygens (including phenoxy) is 8. The zero-order valence-electron chi connectivity index (χ0n) is 56.7. The van der Waals surface area contributed by atoms with Gasteiger partial charge in [-0.25, -0.2) is 16.8 Å². The Balaban J connectivity index is 0.521. The summed E-state index contributed by atoms with van der Waals surface area (Å²) in [4.78, 5) is 14.0. The van der Waals surface area contributed by atoms with Crippen LogP contribution in [0.3, 0.4) is 0 Å². The van der Waals surface area contributed by atoms with E-state index in [1.54, 1.807) is 107 Å². The van der Waals surface area contributed by atoms with Crippen molar-refractivity contribution in [2.75, 3.05) is 20.8 Å². The number of rotatable bonds is 27. The van der Waals surface area contributed by atoms with Gasteiger partial charge in [-0.15, -0.1) is 0 Å². The van der Waals surface area contributed by atoms with E-state index < -0.39 is 24.9 Å². The van der Waals surface area contributed by atoms with Gasteiger partial charge in [-0.05, 0) is 264 Å². The first-order valence-electron chi connectivity index (χ1n) is 33.2. The molecule has 0 unspecified atom stereocenters. The molecule has 13 nitrogen and oxygen atoms in total. The molecule has 103 heavy (non-hydrogen) atoms. The number of methoxy groups -OCH3 is 2. The van der Waals surface area contributed by atoms with Gasteiger partial charge in [-0.1, -0.05) is 121 Å². The van der Waals surface area contributed by atoms with Gasteiger partial charge in [0.15, 0.2) is 15.6 Å². The SMILES string of the molecule is CC=C(Oc1ccc(-c2ccc(OC)cc2)cc1)[C@H](C)S(=O)(=O)c1ccc(Oc2ccc(-c3ccc(Oc4ccc(C(=O)c5ccc(CCOc6ccc(-c7ccc(Oc8ccc(S(=O)(=O)c9ccc(Oc%10ccc(-c%11ccc(OC)cc%11)cc%10)cc9)cc8)cc7)cc6)cc5)cc4)cc3)cc2)cc1. The lowest BCUT2D eigenvalue weighted by atomic mass is 10.0. The van der Waals surface area contributed by atoms with Gasteiger partial charge in [-0.3, -0.25) is 4.79 Å². The molecule has 13 aromatic rings. The average molecular weight is 1400 g/mol. The fourth-order valence-corrected chi connectivity index (χ4v) is 14.1. The van der Waals surface area contributed by atoms with Crippen LogP contribution < -0.4 is 37.9 Å². The zero-order chi connectivity index (χ0) is 71.3. The third-order valence-electron chi connectivity index (χ3n) is 17.4. The standard InChI is InChI=1S/C88H70O13S2/c1-5-87(101-83-42-24-69(25-43-83)63-12-30-73(95-4)31-13-63)60(2)102(90,91)84-52-46-80(47-53-84)98-76-40-22-68(23-41-76)67-20-34-75(35-21-67)97-79-44-26-71(27-45-79)88(89)70-8-6-61(7-9-70)58-59-96-74-32-14-64(15-33-74)66-18-38-78(39-19-66)100-82-50-56-86(57-51-82)103(92,93)85-54-48-81(49-55-85)99-77-36-16-65(17-37-77)62-10-28-72(94-3)29-11-62/h5-57,60H,58-59H2,1-4H3/t60-/m0/s1. The van der Waals surface area contributed by atoms with Crippen LogP contribution in [0.4, 0.5) is 0 Å². The van der Waals surface area contributed by atoms with Crippen LogP contribution in [0.25, 0.3) is 44.5 Å². The molecule has 0 aliphatic rings. The van der Waals surface area contributed by atoms with Crippen LogP contribution in [0, 0.1) is 0 Å². The highest BCUT2D eigenvalue weighted by Gasteiger charge is 2.29. The molecular weight excluding hydrogens is 1330 g/mol. The quantitative estimate of drug-likeness (QED) is 0.0354. The van der Waals surface area contributed by atoms with Crippen LogP contribution in [0.5, 0.6) is 69.0 Å². The van der Waals surface area contributed by atoms with Gasteiger partial charge in [0.2, 0.25) is 9.84 Å². The van der Waals surface area contributed by atoms with Crippen molar-refractivity contribution in [3.8, 4) is 114 Å². The minimum Gasteiger partial charge on any atom is -0.497 e. The number of hydrogen-bond donors (Lipinski definition) is 0. The molecule has 13 aromatic carbocycles. The van der Waals surface area contributed by atoms with Crippen LogP contribution in [-0.2, 0) is 26.1 Å². The van der Waals surface area contributed by atoms with Crippen molar-refractivity contribution >= 4 is 25.5 Å². The van der Waals surface area contributed by atoms with Crippen molar-refractivity contribution in [2.45, 2.75) is 40.2 Å². The van der Waals surface area contributed by atoms with Crippen LogP contribution in [0.15, 0.2) is 342 Å². The molecule has 0 N–H and O–H groups in total. The summed E-state index contributed by atoms with van der Waals surface area (Å²) in [5, 5.41) is -0.949. The van der Waals surface area contributed by atoms with Crippen molar-refractivity contribution in [2.24, 2.45) is 0 Å². The van der Waals surface area contributed by atoms with Gasteiger partial charge in [0.25, 0.3) is 0 Å². The Morgan fingerprint density at radius 1 is 0.320 bits per heavy atom. The van der Waals surface area contributed by atoms with Crippen LogP contribution in [0.2, 0.25) is 0 Å². The summed E-state index contributed by atoms with van der Waals surface area (Å²) >= 11 is 0. The lowest BCUT2D eigenvalue weighted by Crippen LogP contribution is -2.23. The number of allylic oxidation sites excluding steroid dienone is 1. The molecule has 0 saturated carbocycles. The first-order valence-corrected chi connectivity index (χ1v) is 36.3. The van der Waals surface area contributed by atoms with Crippen molar-refractivity contribution in [3.63, 3.8) is 0 Å². The maximum Gasteiger partial charge on any atom is 0.206 e. The molecule has 0 bridgehead atoms. The Labute approximate surface area is 599 Å². The highest BCUT2D eigenvalue weighted by molar-refractivity contribution is 7.92. The van der Waals surface area contributed by atoms with E-state index in [1.165, 1.54) is 24.3 Å². The summed E-state index contributed by atoms with van der Waals surface area (Å²) in [7, 11) is -4.35. The van der Waals surface area contributed by atoms with Crippen LogP contribution in [0.1, 0.15) is 35.3 Å². The molecule has 0 heterocycles. The van der Waals surface area contributed by atoms with Crippen molar-refractivity contribution in [1.82, 2.24) is 0 Å². The molecule has 15 heteroatoms. The van der Waals surface area contributed by atoms with Gasteiger partial charge in [0.1, 0.15) is 80.0 Å². The van der Waals surface area contributed by atoms with E-state index in [2.05, 4.69) is 0 Å². The molecule has 0 aliphatic heterocycles. The second-order valence-corrected chi connectivity index (χ2v) is 28.3. The largest absolute Gasteiger partial charge is 0.497 e. The smallest absolute Gasteiger partial charge is 0.206 e. The maximum absolute atomic E-state index is 13.8. The molecule has 0 radical (unpaired) electrons. The molecule has 0 amide bonds. The van der Waals surface area contributed by atoms with E-state index in [9.17, 15) is 21.6 Å². The topological polar surface area (TPSA) is 159 Å². The predicted octanol–water partition coefficient (Wildman–Crippen LogP) is 21.4. The number of benzene rings is 13. The molecule has 0 fully saturated rings. The number of hydrogen-bond acceptors (Lipinski definition) is 13. The zero-order valence-corrected chi connectivity index (χ0v) is 58.3.